The largest absolute Gasteiger partial charge is 0.493 e. The van der Waals surface area contributed by atoms with Crippen molar-refractivity contribution in [3.63, 3.8) is 0 Å². The van der Waals surface area contributed by atoms with Crippen LogP contribution in [0.1, 0.15) is 47.7 Å². The van der Waals surface area contributed by atoms with Crippen molar-refractivity contribution in [2.24, 2.45) is 5.10 Å². The van der Waals surface area contributed by atoms with E-state index < -0.39 is 0 Å². The molecule has 1 amide bonds. The Labute approximate surface area is 155 Å². The van der Waals surface area contributed by atoms with E-state index >= 15 is 0 Å². The number of methoxy groups -OCH3 is 1. The predicted octanol–water partition coefficient (Wildman–Crippen LogP) is 4.34. The summed E-state index contributed by atoms with van der Waals surface area (Å²) in [4.78, 5) is 12.0. The van der Waals surface area contributed by atoms with Crippen LogP contribution in [0, 0.1) is 6.92 Å². The number of amides is 1. The Bertz CT molecular complexity index is 739. The van der Waals surface area contributed by atoms with Gasteiger partial charge in [-0.2, -0.15) is 5.10 Å². The zero-order valence-corrected chi connectivity index (χ0v) is 15.6. The van der Waals surface area contributed by atoms with Crippen LogP contribution in [-0.2, 0) is 0 Å². The predicted molar refractivity (Wildman–Crippen MR) is 104 cm³/mol. The highest BCUT2D eigenvalue weighted by atomic mass is 16.5. The fraction of sp³-hybridized carbons (Fsp3) is 0.333. The van der Waals surface area contributed by atoms with Crippen molar-refractivity contribution in [3.05, 3.63) is 59.2 Å². The molecule has 0 fully saturated rings. The molecular weight excluding hydrogens is 328 g/mol. The van der Waals surface area contributed by atoms with Gasteiger partial charge in [-0.05, 0) is 49.2 Å². The summed E-state index contributed by atoms with van der Waals surface area (Å²) in [7, 11) is 1.61. The summed E-state index contributed by atoms with van der Waals surface area (Å²) in [5.74, 6) is 1.11. The molecule has 1 N–H and O–H groups in total. The van der Waals surface area contributed by atoms with Gasteiger partial charge in [-0.1, -0.05) is 37.5 Å². The van der Waals surface area contributed by atoms with Gasteiger partial charge < -0.3 is 9.47 Å². The molecule has 0 atom stereocenters. The van der Waals surface area contributed by atoms with Crippen LogP contribution in [0.2, 0.25) is 0 Å². The minimum atomic E-state index is -0.246. The number of aryl methyl sites for hydroxylation is 1. The van der Waals surface area contributed by atoms with Crippen LogP contribution < -0.4 is 14.9 Å². The molecule has 138 valence electrons. The van der Waals surface area contributed by atoms with E-state index in [-0.39, 0.29) is 5.91 Å². The van der Waals surface area contributed by atoms with Gasteiger partial charge in [-0.25, -0.2) is 5.43 Å². The molecule has 0 aliphatic heterocycles. The van der Waals surface area contributed by atoms with Crippen molar-refractivity contribution in [3.8, 4) is 11.5 Å². The maximum absolute atomic E-state index is 12.0. The molecule has 2 rings (SSSR count). The highest BCUT2D eigenvalue weighted by Crippen LogP contribution is 2.27. The molecule has 2 aromatic carbocycles. The van der Waals surface area contributed by atoms with Crippen molar-refractivity contribution in [1.29, 1.82) is 0 Å². The van der Waals surface area contributed by atoms with Crippen molar-refractivity contribution in [1.82, 2.24) is 5.43 Å². The van der Waals surface area contributed by atoms with E-state index in [1.807, 2.05) is 37.3 Å². The lowest BCUT2D eigenvalue weighted by atomic mass is 10.1. The van der Waals surface area contributed by atoms with Gasteiger partial charge in [0.05, 0.1) is 19.9 Å². The molecule has 26 heavy (non-hydrogen) atoms. The molecule has 0 radical (unpaired) electrons. The molecule has 0 aromatic heterocycles. The minimum Gasteiger partial charge on any atom is -0.493 e. The molecule has 0 spiro atoms. The van der Waals surface area contributed by atoms with Gasteiger partial charge in [-0.15, -0.1) is 0 Å². The van der Waals surface area contributed by atoms with Gasteiger partial charge >= 0.3 is 0 Å². The number of nitrogens with one attached hydrogen (secondary N) is 1. The maximum Gasteiger partial charge on any atom is 0.271 e. The van der Waals surface area contributed by atoms with Crippen molar-refractivity contribution in [2.75, 3.05) is 13.7 Å². The number of ether oxygens (including phenoxy) is 2. The highest BCUT2D eigenvalue weighted by molar-refractivity contribution is 5.94. The van der Waals surface area contributed by atoms with Gasteiger partial charge in [0.1, 0.15) is 0 Å². The van der Waals surface area contributed by atoms with Gasteiger partial charge in [0.2, 0.25) is 0 Å². The summed E-state index contributed by atoms with van der Waals surface area (Å²) < 4.78 is 11.1. The fourth-order valence-electron chi connectivity index (χ4n) is 2.35. The number of hydrogen-bond acceptors (Lipinski definition) is 4. The highest BCUT2D eigenvalue weighted by Gasteiger charge is 2.06. The summed E-state index contributed by atoms with van der Waals surface area (Å²) in [6, 6.07) is 12.9. The number of carbonyl (C=O) groups is 1. The fourth-order valence-corrected chi connectivity index (χ4v) is 2.35. The number of carbonyl (C=O) groups excluding carboxylic acids is 1. The number of benzene rings is 2. The quantitative estimate of drug-likeness (QED) is 0.414. The van der Waals surface area contributed by atoms with Crippen molar-refractivity contribution in [2.45, 2.75) is 33.1 Å². The molecule has 0 heterocycles. The third kappa shape index (κ3) is 5.92. The number of hydrazone groups is 1. The summed E-state index contributed by atoms with van der Waals surface area (Å²) in [5, 5.41) is 4.01. The third-order valence-corrected chi connectivity index (χ3v) is 3.89. The zero-order valence-electron chi connectivity index (χ0n) is 15.6. The number of unbranched alkanes of at least 4 members (excludes halogenated alkanes) is 2. The minimum absolute atomic E-state index is 0.246. The van der Waals surface area contributed by atoms with E-state index in [4.69, 9.17) is 9.47 Å². The van der Waals surface area contributed by atoms with E-state index in [0.29, 0.717) is 23.7 Å². The van der Waals surface area contributed by atoms with Gasteiger partial charge in [0, 0.05) is 5.56 Å². The van der Waals surface area contributed by atoms with Crippen LogP contribution in [0.4, 0.5) is 0 Å². The third-order valence-electron chi connectivity index (χ3n) is 3.89. The first-order valence-corrected chi connectivity index (χ1v) is 8.85. The number of rotatable bonds is 9. The van der Waals surface area contributed by atoms with Gasteiger partial charge in [0.15, 0.2) is 11.5 Å². The molecule has 0 aliphatic carbocycles. The molecule has 0 aliphatic rings. The normalized spacial score (nSPS) is 10.7. The molecule has 5 nitrogen and oxygen atoms in total. The Morgan fingerprint density at radius 1 is 1.12 bits per heavy atom. The van der Waals surface area contributed by atoms with Gasteiger partial charge in [0.25, 0.3) is 5.91 Å². The number of nitrogens with zero attached hydrogens (tertiary/aromatic N) is 1. The van der Waals surface area contributed by atoms with E-state index in [0.717, 1.165) is 30.4 Å². The topological polar surface area (TPSA) is 59.9 Å². The lowest BCUT2D eigenvalue weighted by Crippen LogP contribution is -2.17. The number of hydrogen-bond donors (Lipinski definition) is 1. The molecular formula is C21H26N2O3. The first-order chi connectivity index (χ1) is 12.6. The van der Waals surface area contributed by atoms with Crippen LogP contribution in [0.25, 0.3) is 0 Å². The van der Waals surface area contributed by atoms with Crippen LogP contribution >= 0.6 is 0 Å². The monoisotopic (exact) mass is 354 g/mol. The average molecular weight is 354 g/mol. The Morgan fingerprint density at radius 2 is 1.88 bits per heavy atom. The SMILES string of the molecule is CCCCCOc1ccc(/C=N\NC(=O)c2ccc(C)cc2)cc1OC. The molecule has 0 bridgehead atoms. The second-order valence-electron chi connectivity index (χ2n) is 6.03. The second-order valence-corrected chi connectivity index (χ2v) is 6.03. The van der Waals surface area contributed by atoms with E-state index in [1.165, 1.54) is 0 Å². The van der Waals surface area contributed by atoms with E-state index in [1.54, 1.807) is 25.5 Å². The zero-order chi connectivity index (χ0) is 18.8. The maximum atomic E-state index is 12.0. The summed E-state index contributed by atoms with van der Waals surface area (Å²) in [5.41, 5.74) is 5.01. The Balaban J connectivity index is 1.94. The smallest absolute Gasteiger partial charge is 0.271 e. The van der Waals surface area contributed by atoms with Crippen molar-refractivity contribution < 1.29 is 14.3 Å². The molecule has 0 saturated carbocycles. The van der Waals surface area contributed by atoms with E-state index in [2.05, 4.69) is 17.5 Å². The first kappa shape index (κ1) is 19.5. The first-order valence-electron chi connectivity index (χ1n) is 8.85. The van der Waals surface area contributed by atoms with Gasteiger partial charge in [-0.3, -0.25) is 4.79 Å². The Kier molecular flexibility index (Phi) is 7.68. The summed E-state index contributed by atoms with van der Waals surface area (Å²) in [6.45, 7) is 4.81. The molecule has 0 unspecified atom stereocenters. The van der Waals surface area contributed by atoms with Crippen LogP contribution in [0.5, 0.6) is 11.5 Å². The van der Waals surface area contributed by atoms with Crippen LogP contribution in [-0.4, -0.2) is 25.8 Å². The molecule has 0 saturated heterocycles. The molecule has 2 aromatic rings. The standard InChI is InChI=1S/C21H26N2O3/c1-4-5-6-13-26-19-12-9-17(14-20(19)25-3)15-22-23-21(24)18-10-7-16(2)8-11-18/h7-12,14-15H,4-6,13H2,1-3H3,(H,23,24)/b22-15-. The Morgan fingerprint density at radius 3 is 2.58 bits per heavy atom. The second kappa shape index (κ2) is 10.2. The van der Waals surface area contributed by atoms with E-state index in [9.17, 15) is 4.79 Å². The summed E-state index contributed by atoms with van der Waals surface area (Å²) >= 11 is 0. The van der Waals surface area contributed by atoms with Crippen LogP contribution in [0.15, 0.2) is 47.6 Å². The molecule has 5 heteroatoms. The average Bonchev–Trinajstić information content (AvgIpc) is 2.66. The lowest BCUT2D eigenvalue weighted by molar-refractivity contribution is 0.0955. The lowest BCUT2D eigenvalue weighted by Gasteiger charge is -2.11. The van der Waals surface area contributed by atoms with Crippen molar-refractivity contribution >= 4 is 12.1 Å². The summed E-state index contributed by atoms with van der Waals surface area (Å²) in [6.07, 6.45) is 4.90. The Hall–Kier alpha value is -2.82. The van der Waals surface area contributed by atoms with Crippen LogP contribution in [0.3, 0.4) is 0 Å².